The van der Waals surface area contributed by atoms with Gasteiger partial charge in [-0.1, -0.05) is 336 Å². The van der Waals surface area contributed by atoms with Gasteiger partial charge in [-0.3, -0.25) is 0 Å². The number of rotatable bonds is 60. The molecule has 0 saturated carbocycles. The zero-order valence-corrected chi connectivity index (χ0v) is 55.2. The molecule has 440 valence electrons. The maximum Gasteiger partial charge on any atom is 0.0782 e. The molecular formula is C68H144Br2N2. The topological polar surface area (TPSA) is 0 Å². The predicted octanol–water partition coefficient (Wildman–Crippen LogP) is 18.1. The lowest BCUT2D eigenvalue weighted by atomic mass is 10.0. The van der Waals surface area contributed by atoms with Crippen LogP contribution in [0.5, 0.6) is 0 Å². The first kappa shape index (κ1) is 79.4. The first-order valence-corrected chi connectivity index (χ1v) is 33.9. The highest BCUT2D eigenvalue weighted by Crippen LogP contribution is 2.19. The lowest BCUT2D eigenvalue weighted by molar-refractivity contribution is -0.890. The van der Waals surface area contributed by atoms with Gasteiger partial charge in [0.25, 0.3) is 0 Å². The van der Waals surface area contributed by atoms with Crippen LogP contribution in [0.4, 0.5) is 0 Å². The molecule has 0 unspecified atom stereocenters. The van der Waals surface area contributed by atoms with Crippen molar-refractivity contribution in [3.63, 3.8) is 0 Å². The monoisotopic (exact) mass is 1150 g/mol. The van der Waals surface area contributed by atoms with Crippen molar-refractivity contribution in [2.24, 2.45) is 0 Å². The predicted molar refractivity (Wildman–Crippen MR) is 325 cm³/mol. The Morgan fingerprint density at radius 1 is 0.139 bits per heavy atom. The zero-order valence-electron chi connectivity index (χ0n) is 52.1. The second kappa shape index (κ2) is 68.0. The number of quaternary nitrogens is 2. The van der Waals surface area contributed by atoms with Gasteiger partial charge in [-0.05, 0) is 51.4 Å². The van der Waals surface area contributed by atoms with Gasteiger partial charge in [-0.2, -0.15) is 0 Å². The third kappa shape index (κ3) is 73.0. The molecule has 0 bridgehead atoms. The summed E-state index contributed by atoms with van der Waals surface area (Å²) in [4.78, 5) is 0. The van der Waals surface area contributed by atoms with Crippen LogP contribution in [0.2, 0.25) is 0 Å². The lowest BCUT2D eigenvalue weighted by Gasteiger charge is -2.30. The van der Waals surface area contributed by atoms with Crippen LogP contribution in [0.25, 0.3) is 0 Å². The number of hydrogen-bond donors (Lipinski definition) is 0. The molecule has 0 aliphatic rings. The van der Waals surface area contributed by atoms with Gasteiger partial charge in [0.05, 0.1) is 54.4 Å². The second-order valence-corrected chi connectivity index (χ2v) is 25.2. The standard InChI is InChI=1S/2C34H72N.2BrH/c2*1-5-7-9-11-13-15-17-19-21-23-25-27-29-31-33-35(3,4)34-32-30-28-26-24-22-20-18-16-14-12-10-8-6-2;;/h2*5-34H2,1-4H3;2*1H/q2*+1;;/p-2. The third-order valence-electron chi connectivity index (χ3n) is 16.5. The van der Waals surface area contributed by atoms with Crippen LogP contribution in [0.1, 0.15) is 387 Å². The summed E-state index contributed by atoms with van der Waals surface area (Å²) in [5.41, 5.74) is 0. The van der Waals surface area contributed by atoms with Gasteiger partial charge in [0.2, 0.25) is 0 Å². The molecule has 0 aliphatic heterocycles. The Kier molecular flexibility index (Phi) is 74.9. The van der Waals surface area contributed by atoms with Gasteiger partial charge in [0.1, 0.15) is 0 Å². The summed E-state index contributed by atoms with van der Waals surface area (Å²) in [5, 5.41) is 0. The van der Waals surface area contributed by atoms with Crippen LogP contribution in [0.15, 0.2) is 0 Å². The lowest BCUT2D eigenvalue weighted by Crippen LogP contribution is -3.00. The second-order valence-electron chi connectivity index (χ2n) is 25.2. The normalized spacial score (nSPS) is 11.7. The zero-order chi connectivity index (χ0) is 51.4. The van der Waals surface area contributed by atoms with Crippen molar-refractivity contribution in [2.75, 3.05) is 54.4 Å². The van der Waals surface area contributed by atoms with Crippen molar-refractivity contribution in [1.29, 1.82) is 0 Å². The van der Waals surface area contributed by atoms with Crippen LogP contribution in [0.3, 0.4) is 0 Å². The van der Waals surface area contributed by atoms with E-state index in [4.69, 9.17) is 0 Å². The van der Waals surface area contributed by atoms with Crippen LogP contribution < -0.4 is 34.0 Å². The van der Waals surface area contributed by atoms with Crippen LogP contribution >= 0.6 is 0 Å². The van der Waals surface area contributed by atoms with E-state index in [1.807, 2.05) is 0 Å². The first-order chi connectivity index (χ1) is 34.2. The van der Waals surface area contributed by atoms with Crippen molar-refractivity contribution in [1.82, 2.24) is 0 Å². The van der Waals surface area contributed by atoms with Gasteiger partial charge >= 0.3 is 0 Å². The molecule has 0 heterocycles. The number of hydrogen-bond acceptors (Lipinski definition) is 0. The minimum absolute atomic E-state index is 0. The van der Waals surface area contributed by atoms with Crippen molar-refractivity contribution < 1.29 is 42.9 Å². The van der Waals surface area contributed by atoms with E-state index >= 15 is 0 Å². The first-order valence-electron chi connectivity index (χ1n) is 33.9. The van der Waals surface area contributed by atoms with E-state index in [-0.39, 0.29) is 34.0 Å². The summed E-state index contributed by atoms with van der Waals surface area (Å²) in [5.74, 6) is 0. The average Bonchev–Trinajstić information content (AvgIpc) is 3.34. The Morgan fingerprint density at radius 2 is 0.222 bits per heavy atom. The molecule has 0 aromatic heterocycles. The maximum absolute atomic E-state index is 2.46. The largest absolute Gasteiger partial charge is 1.00 e. The molecule has 0 N–H and O–H groups in total. The van der Waals surface area contributed by atoms with E-state index in [1.54, 1.807) is 0 Å². The summed E-state index contributed by atoms with van der Waals surface area (Å²) in [7, 11) is 9.85. The van der Waals surface area contributed by atoms with Crippen molar-refractivity contribution in [3.8, 4) is 0 Å². The van der Waals surface area contributed by atoms with Gasteiger partial charge in [0.15, 0.2) is 0 Å². The van der Waals surface area contributed by atoms with Crippen molar-refractivity contribution in [2.45, 2.75) is 387 Å². The molecule has 0 aromatic carbocycles. The van der Waals surface area contributed by atoms with Gasteiger partial charge < -0.3 is 42.9 Å². The Balaban J connectivity index is -0.000000625. The molecule has 2 nitrogen and oxygen atoms in total. The number of unbranched alkanes of at least 4 members (excludes halogenated alkanes) is 52. The van der Waals surface area contributed by atoms with Gasteiger partial charge in [-0.25, -0.2) is 0 Å². The fourth-order valence-electron chi connectivity index (χ4n) is 11.2. The van der Waals surface area contributed by atoms with E-state index in [0.29, 0.717) is 0 Å². The van der Waals surface area contributed by atoms with E-state index in [1.165, 1.54) is 395 Å². The van der Waals surface area contributed by atoms with Crippen molar-refractivity contribution in [3.05, 3.63) is 0 Å². The molecule has 0 atom stereocenters. The quantitative estimate of drug-likeness (QED) is 0.0421. The molecule has 0 amide bonds. The van der Waals surface area contributed by atoms with Crippen LogP contribution in [-0.4, -0.2) is 63.3 Å². The Morgan fingerprint density at radius 3 is 0.319 bits per heavy atom. The van der Waals surface area contributed by atoms with Gasteiger partial charge in [-0.15, -0.1) is 0 Å². The third-order valence-corrected chi connectivity index (χ3v) is 16.5. The highest BCUT2D eigenvalue weighted by atomic mass is 79.9. The Hall–Kier alpha value is 0.880. The van der Waals surface area contributed by atoms with Gasteiger partial charge in [0, 0.05) is 0 Å². The molecule has 0 fully saturated rings. The molecule has 0 spiro atoms. The Labute approximate surface area is 481 Å². The Bertz CT molecular complexity index is 767. The summed E-state index contributed by atoms with van der Waals surface area (Å²) < 4.78 is 2.49. The molecule has 0 aliphatic carbocycles. The molecule has 4 heteroatoms. The minimum atomic E-state index is 0. The van der Waals surface area contributed by atoms with Crippen LogP contribution in [-0.2, 0) is 0 Å². The van der Waals surface area contributed by atoms with Crippen LogP contribution in [0, 0.1) is 0 Å². The van der Waals surface area contributed by atoms with E-state index < -0.39 is 0 Å². The molecule has 0 saturated heterocycles. The fourth-order valence-corrected chi connectivity index (χ4v) is 11.2. The van der Waals surface area contributed by atoms with E-state index in [2.05, 4.69) is 55.9 Å². The highest BCUT2D eigenvalue weighted by Gasteiger charge is 2.15. The molecule has 0 rings (SSSR count). The molecular weight excluding hydrogens is 1000 g/mol. The summed E-state index contributed by atoms with van der Waals surface area (Å²) in [6, 6.07) is 0. The van der Waals surface area contributed by atoms with Crippen molar-refractivity contribution >= 4 is 0 Å². The summed E-state index contributed by atoms with van der Waals surface area (Å²) in [6.45, 7) is 14.8. The average molecular weight is 1150 g/mol. The maximum atomic E-state index is 2.46. The van der Waals surface area contributed by atoms with E-state index in [0.717, 1.165) is 0 Å². The highest BCUT2D eigenvalue weighted by molar-refractivity contribution is 4.54. The van der Waals surface area contributed by atoms with E-state index in [9.17, 15) is 0 Å². The number of nitrogens with zero attached hydrogens (tertiary/aromatic N) is 2. The molecule has 0 radical (unpaired) electrons. The molecule has 0 aromatic rings. The smallest absolute Gasteiger partial charge is 0.0782 e. The molecule has 72 heavy (non-hydrogen) atoms. The fraction of sp³-hybridized carbons (Fsp3) is 1.00. The summed E-state index contributed by atoms with van der Waals surface area (Å²) in [6.07, 6.45) is 81.9. The number of halogens is 2. The summed E-state index contributed by atoms with van der Waals surface area (Å²) >= 11 is 0. The minimum Gasteiger partial charge on any atom is -1.00 e. The SMILES string of the molecule is CCCCCCCCCCCCCCCC[N+](C)(C)CCCCCCCCCCCCCCCC.CCCCCCCCCCCCCCCC[N+](C)(C)CCCCCCCCCCCCCCCC.[Br-].[Br-].